The molecule has 0 unspecified atom stereocenters. The lowest BCUT2D eigenvalue weighted by Crippen LogP contribution is -2.36. The molecule has 0 N–H and O–H groups in total. The average Bonchev–Trinajstić information content (AvgIpc) is 2.55. The molecule has 2 aromatic rings. The minimum Gasteiger partial charge on any atom is -0.868 e. The molecule has 0 fully saturated rings. The van der Waals surface area contributed by atoms with Crippen molar-refractivity contribution >= 4 is 39.6 Å². The van der Waals surface area contributed by atoms with Gasteiger partial charge in [-0.05, 0) is 29.7 Å². The zero-order valence-corrected chi connectivity index (χ0v) is 13.4. The molecule has 0 atom stereocenters. The van der Waals surface area contributed by atoms with Crippen LogP contribution in [0.1, 0.15) is 5.56 Å². The molecule has 0 saturated heterocycles. The Morgan fingerprint density at radius 1 is 1.14 bits per heavy atom. The van der Waals surface area contributed by atoms with Crippen LogP contribution in [0.3, 0.4) is 0 Å². The SMILES string of the molecule is COc1ccc(/C([O-])=C(\C(=S)SC)[n+]2ccccc2)cc1. The lowest BCUT2D eigenvalue weighted by Gasteiger charge is -2.15. The van der Waals surface area contributed by atoms with Crippen LogP contribution in [0.4, 0.5) is 0 Å². The molecule has 1 aromatic heterocycles. The fourth-order valence-electron chi connectivity index (χ4n) is 1.84. The van der Waals surface area contributed by atoms with E-state index in [2.05, 4.69) is 0 Å². The third-order valence-corrected chi connectivity index (χ3v) is 4.18. The van der Waals surface area contributed by atoms with Crippen LogP contribution in [0.5, 0.6) is 5.75 Å². The number of aromatic nitrogens is 1. The molecule has 0 saturated carbocycles. The molecule has 1 aromatic carbocycles. The monoisotopic (exact) mass is 317 g/mol. The van der Waals surface area contributed by atoms with Crippen molar-refractivity contribution in [3.63, 3.8) is 0 Å². The summed E-state index contributed by atoms with van der Waals surface area (Å²) in [4.78, 5) is 0. The summed E-state index contributed by atoms with van der Waals surface area (Å²) < 4.78 is 7.43. The van der Waals surface area contributed by atoms with E-state index in [0.29, 0.717) is 21.2 Å². The van der Waals surface area contributed by atoms with Crippen LogP contribution in [-0.4, -0.2) is 17.6 Å². The Labute approximate surface area is 133 Å². The number of rotatable bonds is 4. The molecular weight excluding hydrogens is 302 g/mol. The van der Waals surface area contributed by atoms with E-state index in [1.807, 2.05) is 36.8 Å². The normalized spacial score (nSPS) is 11.7. The van der Waals surface area contributed by atoms with Gasteiger partial charge in [-0.1, -0.05) is 30.4 Å². The number of hydrogen-bond acceptors (Lipinski definition) is 4. The van der Waals surface area contributed by atoms with Gasteiger partial charge in [-0.3, -0.25) is 0 Å². The number of ether oxygens (including phenoxy) is 1. The van der Waals surface area contributed by atoms with Crippen LogP contribution < -0.4 is 14.4 Å². The van der Waals surface area contributed by atoms with E-state index in [9.17, 15) is 5.11 Å². The summed E-state index contributed by atoms with van der Waals surface area (Å²) in [5.74, 6) is 0.612. The van der Waals surface area contributed by atoms with Crippen LogP contribution >= 0.6 is 24.0 Å². The van der Waals surface area contributed by atoms with Crippen LogP contribution in [0.15, 0.2) is 54.9 Å². The number of hydrogen-bond donors (Lipinski definition) is 0. The topological polar surface area (TPSA) is 36.2 Å². The van der Waals surface area contributed by atoms with Crippen molar-refractivity contribution in [2.24, 2.45) is 0 Å². The van der Waals surface area contributed by atoms with E-state index in [0.717, 1.165) is 0 Å². The van der Waals surface area contributed by atoms with Gasteiger partial charge in [0.2, 0.25) is 5.70 Å². The summed E-state index contributed by atoms with van der Waals surface area (Å²) in [6.45, 7) is 0. The molecule has 3 nitrogen and oxygen atoms in total. The van der Waals surface area contributed by atoms with Crippen LogP contribution in [-0.2, 0) is 0 Å². The zero-order chi connectivity index (χ0) is 15.2. The first-order chi connectivity index (χ1) is 10.2. The largest absolute Gasteiger partial charge is 0.868 e. The van der Waals surface area contributed by atoms with E-state index in [4.69, 9.17) is 17.0 Å². The first kappa shape index (κ1) is 15.5. The number of methoxy groups -OCH3 is 1. The predicted octanol–water partition coefficient (Wildman–Crippen LogP) is 2.36. The summed E-state index contributed by atoms with van der Waals surface area (Å²) in [6, 6.07) is 12.6. The number of nitrogens with zero attached hydrogens (tertiary/aromatic N) is 1. The fraction of sp³-hybridized carbons (Fsp3) is 0.125. The maximum atomic E-state index is 12.7. The van der Waals surface area contributed by atoms with Crippen LogP contribution in [0.25, 0.3) is 11.5 Å². The third kappa shape index (κ3) is 3.62. The van der Waals surface area contributed by atoms with Crippen molar-refractivity contribution in [1.82, 2.24) is 0 Å². The van der Waals surface area contributed by atoms with Crippen LogP contribution in [0.2, 0.25) is 0 Å². The molecule has 5 heteroatoms. The minimum atomic E-state index is -0.104. The summed E-state index contributed by atoms with van der Waals surface area (Å²) >= 11 is 6.73. The second-order valence-corrected chi connectivity index (χ2v) is 5.66. The first-order valence-electron chi connectivity index (χ1n) is 6.28. The molecule has 108 valence electrons. The minimum absolute atomic E-state index is 0.104. The average molecular weight is 317 g/mol. The molecule has 0 bridgehead atoms. The van der Waals surface area contributed by atoms with E-state index < -0.39 is 0 Å². The zero-order valence-electron chi connectivity index (χ0n) is 11.8. The lowest BCUT2D eigenvalue weighted by atomic mass is 10.1. The maximum Gasteiger partial charge on any atom is 0.228 e. The molecule has 0 aliphatic heterocycles. The highest BCUT2D eigenvalue weighted by atomic mass is 32.2. The fourth-order valence-corrected chi connectivity index (χ4v) is 2.43. The number of benzene rings is 1. The van der Waals surface area contributed by atoms with Crippen molar-refractivity contribution in [1.29, 1.82) is 0 Å². The molecule has 0 spiro atoms. The quantitative estimate of drug-likeness (QED) is 0.375. The molecule has 0 aliphatic rings. The molecule has 0 amide bonds. The van der Waals surface area contributed by atoms with Gasteiger partial charge >= 0.3 is 0 Å². The van der Waals surface area contributed by atoms with Gasteiger partial charge in [0.1, 0.15) is 9.95 Å². The van der Waals surface area contributed by atoms with Gasteiger partial charge in [0.05, 0.1) is 7.11 Å². The van der Waals surface area contributed by atoms with Gasteiger partial charge < -0.3 is 9.84 Å². The van der Waals surface area contributed by atoms with Gasteiger partial charge in [-0.2, -0.15) is 4.57 Å². The van der Waals surface area contributed by atoms with Crippen molar-refractivity contribution in [3.05, 3.63) is 60.4 Å². The van der Waals surface area contributed by atoms with E-state index >= 15 is 0 Å². The Balaban J connectivity index is 2.53. The standard InChI is InChI=1S/C16H15NO2S2/c1-19-13-8-6-12(7-9-13)15(18)14(16(20)21-2)17-10-4-3-5-11-17/h3-11H,1-2H3. The maximum absolute atomic E-state index is 12.7. The summed E-state index contributed by atoms with van der Waals surface area (Å²) in [7, 11) is 1.59. The van der Waals surface area contributed by atoms with Crippen molar-refractivity contribution in [3.8, 4) is 5.75 Å². The summed E-state index contributed by atoms with van der Waals surface area (Å²) in [6.07, 6.45) is 5.51. The molecule has 2 rings (SSSR count). The van der Waals surface area contributed by atoms with Gasteiger partial charge in [0.15, 0.2) is 12.4 Å². The van der Waals surface area contributed by atoms with Gasteiger partial charge in [-0.25, -0.2) is 0 Å². The Morgan fingerprint density at radius 2 is 1.76 bits per heavy atom. The smallest absolute Gasteiger partial charge is 0.228 e. The molecule has 21 heavy (non-hydrogen) atoms. The predicted molar refractivity (Wildman–Crippen MR) is 88.9 cm³/mol. The highest BCUT2D eigenvalue weighted by molar-refractivity contribution is 8.23. The Morgan fingerprint density at radius 3 is 2.29 bits per heavy atom. The summed E-state index contributed by atoms with van der Waals surface area (Å²) in [5, 5.41) is 12.7. The highest BCUT2D eigenvalue weighted by Crippen LogP contribution is 2.21. The van der Waals surface area contributed by atoms with E-state index in [1.54, 1.807) is 35.9 Å². The molecule has 1 heterocycles. The number of pyridine rings is 1. The first-order valence-corrected chi connectivity index (χ1v) is 7.91. The molecular formula is C16H15NO2S2. The number of thioether (sulfide) groups is 1. The Hall–Kier alpha value is -1.85. The number of thiocarbonyl (C=S) groups is 1. The van der Waals surface area contributed by atoms with Crippen molar-refractivity contribution in [2.75, 3.05) is 13.4 Å². The lowest BCUT2D eigenvalue weighted by molar-refractivity contribution is -0.577. The van der Waals surface area contributed by atoms with Gasteiger partial charge in [0, 0.05) is 12.1 Å². The highest BCUT2D eigenvalue weighted by Gasteiger charge is 2.17. The Bertz CT molecular complexity index is 652. The van der Waals surface area contributed by atoms with E-state index in [1.165, 1.54) is 11.8 Å². The Kier molecular flexibility index (Phi) is 5.36. The van der Waals surface area contributed by atoms with Crippen LogP contribution in [0, 0.1) is 0 Å². The van der Waals surface area contributed by atoms with Gasteiger partial charge in [0.25, 0.3) is 0 Å². The second-order valence-electron chi connectivity index (χ2n) is 4.18. The molecule has 0 radical (unpaired) electrons. The summed E-state index contributed by atoms with van der Waals surface area (Å²) in [5.41, 5.74) is 1.07. The van der Waals surface area contributed by atoms with Crippen molar-refractivity contribution in [2.45, 2.75) is 0 Å². The van der Waals surface area contributed by atoms with Gasteiger partial charge in [-0.15, -0.1) is 11.8 Å². The third-order valence-electron chi connectivity index (χ3n) is 2.92. The van der Waals surface area contributed by atoms with E-state index in [-0.39, 0.29) is 5.76 Å². The second kappa shape index (κ2) is 7.24. The molecule has 0 aliphatic carbocycles. The van der Waals surface area contributed by atoms with Crippen molar-refractivity contribution < 1.29 is 14.4 Å².